The smallest absolute Gasteiger partial charge is 0.268 e. The van der Waals surface area contributed by atoms with Crippen LogP contribution in [0.1, 0.15) is 156 Å². The summed E-state index contributed by atoms with van der Waals surface area (Å²) in [6.07, 6.45) is 4.16. The largest absolute Gasteiger partial charge is 0.756 e. The van der Waals surface area contributed by atoms with E-state index in [1.54, 1.807) is 9.80 Å². The standard InChI is InChI=1S/C65H85N6O18P3/c1-2-84-92(82,83)89-57(47-68-60(72)31-15-21-45-87-90(78,79)85-43-19-5-3-17-41-66-62(74)37-39-64(76)70-49-55-27-9-7-23-51(55)33-35-53-25-11-13-29-58(53)70)48-69-61(73)32-16-22-46-88-91(80,81)86-44-20-6-4-18-42-67-63(75)38-40-65(77)71-50-56-28-10-8-24-52(56)34-36-54-26-12-14-30-59(54)71/h7-14,23-30,57H,2-6,15-22,31-32,37-50H2,1H3,(H,66,74)(H,67,75)(H,68,72)(H,69,73)(H,78,79)(H,80,81)(H,82,83)/p-3. The van der Waals surface area contributed by atoms with Crippen LogP contribution in [0.3, 0.4) is 0 Å². The Morgan fingerprint density at radius 3 is 1.18 bits per heavy atom. The van der Waals surface area contributed by atoms with Crippen LogP contribution in [0.15, 0.2) is 97.1 Å². The van der Waals surface area contributed by atoms with Crippen LogP contribution in [0.5, 0.6) is 0 Å². The second-order valence-corrected chi connectivity index (χ2v) is 25.9. The van der Waals surface area contributed by atoms with Crippen LogP contribution in [0, 0.1) is 23.7 Å². The summed E-state index contributed by atoms with van der Waals surface area (Å²) in [5.74, 6) is 10.8. The summed E-state index contributed by atoms with van der Waals surface area (Å²) in [7, 11) is -14.1. The molecule has 27 heteroatoms. The van der Waals surface area contributed by atoms with Crippen LogP contribution < -0.4 is 45.7 Å². The molecule has 4 aromatic carbocycles. The van der Waals surface area contributed by atoms with Crippen LogP contribution in [0.4, 0.5) is 11.4 Å². The van der Waals surface area contributed by atoms with E-state index in [4.69, 9.17) is 22.6 Å². The maximum Gasteiger partial charge on any atom is 0.268 e. The van der Waals surface area contributed by atoms with Crippen LogP contribution in [-0.2, 0) is 82.7 Å². The summed E-state index contributed by atoms with van der Waals surface area (Å²) < 4.78 is 66.5. The number of para-hydroxylation sites is 2. The van der Waals surface area contributed by atoms with Crippen LogP contribution in [0.25, 0.3) is 0 Å². The normalized spacial score (nSPS) is 14.5. The molecular weight excluding hydrogens is 1250 g/mol. The Morgan fingerprint density at radius 2 is 0.772 bits per heavy atom. The molecule has 0 aromatic heterocycles. The summed E-state index contributed by atoms with van der Waals surface area (Å²) in [5, 5.41) is 10.7. The lowest BCUT2D eigenvalue weighted by atomic mass is 10.0. The van der Waals surface area contributed by atoms with Gasteiger partial charge in [-0.15, -0.1) is 0 Å². The number of nitrogens with zero attached hydrogens (tertiary/aromatic N) is 2. The molecule has 0 fully saturated rings. The van der Waals surface area contributed by atoms with Gasteiger partial charge in [0.2, 0.25) is 35.4 Å². The van der Waals surface area contributed by atoms with E-state index in [-0.39, 0.29) is 134 Å². The van der Waals surface area contributed by atoms with E-state index < -0.39 is 41.4 Å². The summed E-state index contributed by atoms with van der Waals surface area (Å²) in [5.41, 5.74) is 6.40. The molecule has 2 heterocycles. The second-order valence-electron chi connectivity index (χ2n) is 21.7. The molecule has 498 valence electrons. The highest BCUT2D eigenvalue weighted by Crippen LogP contribution is 2.41. The lowest BCUT2D eigenvalue weighted by molar-refractivity contribution is -0.229. The molecule has 92 heavy (non-hydrogen) atoms. The van der Waals surface area contributed by atoms with E-state index >= 15 is 0 Å². The minimum absolute atomic E-state index is 0.0205. The van der Waals surface area contributed by atoms with Crippen LogP contribution in [-0.4, -0.2) is 101 Å². The molecule has 3 atom stereocenters. The molecule has 0 radical (unpaired) electrons. The van der Waals surface area contributed by atoms with Crippen molar-refractivity contribution in [2.24, 2.45) is 0 Å². The molecule has 0 saturated heterocycles. The SMILES string of the molecule is CCOP(=O)([O-])OC(CNC(=O)CCCCOP(=O)([O-])OCCCCCCNC(=O)CCC(=O)N1Cc2ccccc2C#Cc2ccccc21)CNC(=O)CCCCOP(=O)([O-])OCCCCCCNC(=O)CCC(=O)N1Cc2ccccc2C#Cc2ccccc21. The summed E-state index contributed by atoms with van der Waals surface area (Å²) in [6.45, 7) is 1.28. The van der Waals surface area contributed by atoms with Gasteiger partial charge >= 0.3 is 0 Å². The van der Waals surface area contributed by atoms with Crippen molar-refractivity contribution in [1.29, 1.82) is 0 Å². The number of hydrogen-bond acceptors (Lipinski definition) is 18. The third-order valence-corrected chi connectivity index (χ3v) is 17.6. The Bertz CT molecular complexity index is 3180. The number of benzene rings is 4. The first-order valence-corrected chi connectivity index (χ1v) is 35.6. The molecule has 24 nitrogen and oxygen atoms in total. The molecule has 0 aliphatic carbocycles. The quantitative estimate of drug-likeness (QED) is 0.0193. The zero-order chi connectivity index (χ0) is 66.0. The molecule has 2 aliphatic rings. The van der Waals surface area contributed by atoms with E-state index in [0.29, 0.717) is 88.9 Å². The zero-order valence-electron chi connectivity index (χ0n) is 51.9. The number of carbonyl (C=O) groups is 6. The highest BCUT2D eigenvalue weighted by molar-refractivity contribution is 7.46. The molecule has 3 unspecified atom stereocenters. The van der Waals surface area contributed by atoms with E-state index in [1.165, 1.54) is 6.92 Å². The van der Waals surface area contributed by atoms with Gasteiger partial charge in [-0.3, -0.25) is 42.5 Å². The number of phosphoric acid groups is 3. The van der Waals surface area contributed by atoms with Crippen molar-refractivity contribution in [3.63, 3.8) is 0 Å². The van der Waals surface area contributed by atoms with Crippen molar-refractivity contribution in [3.05, 3.63) is 130 Å². The Balaban J connectivity index is 0.735. The highest BCUT2D eigenvalue weighted by Gasteiger charge is 2.25. The number of hydrogen-bond donors (Lipinski definition) is 4. The summed E-state index contributed by atoms with van der Waals surface area (Å²) in [6, 6.07) is 30.2. The third kappa shape index (κ3) is 27.8. The first-order valence-electron chi connectivity index (χ1n) is 31.2. The summed E-state index contributed by atoms with van der Waals surface area (Å²) >= 11 is 0. The van der Waals surface area contributed by atoms with Gasteiger partial charge in [0.25, 0.3) is 23.5 Å². The molecule has 4 N–H and O–H groups in total. The Hall–Kier alpha value is -6.85. The maximum absolute atomic E-state index is 13.4. The minimum Gasteiger partial charge on any atom is -0.756 e. The number of fused-ring (bicyclic) bond motifs is 4. The fourth-order valence-electron chi connectivity index (χ4n) is 9.62. The number of unbranched alkanes of at least 4 members (excludes halogenated alkanes) is 8. The third-order valence-electron chi connectivity index (χ3n) is 14.5. The molecule has 6 rings (SSSR count). The lowest BCUT2D eigenvalue weighted by Crippen LogP contribution is -2.41. The molecule has 0 bridgehead atoms. The van der Waals surface area contributed by atoms with Gasteiger partial charge in [0.1, 0.15) is 6.10 Å². The van der Waals surface area contributed by atoms with Gasteiger partial charge in [-0.05, 0) is 106 Å². The van der Waals surface area contributed by atoms with Crippen molar-refractivity contribution in [3.8, 4) is 23.7 Å². The van der Waals surface area contributed by atoms with E-state index in [2.05, 4.69) is 49.5 Å². The number of amides is 6. The van der Waals surface area contributed by atoms with E-state index in [1.807, 2.05) is 97.1 Å². The fourth-order valence-corrected chi connectivity index (χ4v) is 12.1. The van der Waals surface area contributed by atoms with Gasteiger partial charge in [-0.1, -0.05) is 110 Å². The molecule has 6 amide bonds. The monoisotopic (exact) mass is 1330 g/mol. The van der Waals surface area contributed by atoms with Crippen molar-refractivity contribution >= 4 is 70.3 Å². The molecule has 2 aliphatic heterocycles. The number of carbonyl (C=O) groups excluding carboxylic acids is 6. The van der Waals surface area contributed by atoms with Crippen molar-refractivity contribution in [2.75, 3.05) is 69.0 Å². The number of rotatable bonds is 42. The van der Waals surface area contributed by atoms with Crippen molar-refractivity contribution in [2.45, 2.75) is 142 Å². The van der Waals surface area contributed by atoms with Gasteiger partial charge in [-0.2, -0.15) is 0 Å². The molecule has 4 aromatic rings. The molecular formula is C65H82N6O18P3-3. The first-order chi connectivity index (χ1) is 44.3. The first kappa shape index (κ1) is 74.2. The number of nitrogens with one attached hydrogen (secondary N) is 4. The van der Waals surface area contributed by atoms with Crippen LogP contribution >= 0.6 is 23.5 Å². The zero-order valence-corrected chi connectivity index (χ0v) is 54.6. The van der Waals surface area contributed by atoms with E-state index in [0.717, 1.165) is 33.4 Å². The van der Waals surface area contributed by atoms with Gasteiger partial charge in [0.05, 0.1) is 57.5 Å². The van der Waals surface area contributed by atoms with Gasteiger partial charge in [0.15, 0.2) is 0 Å². The maximum atomic E-state index is 13.4. The topological polar surface area (TPSA) is 333 Å². The highest BCUT2D eigenvalue weighted by atomic mass is 31.2. The molecule has 0 spiro atoms. The Morgan fingerprint density at radius 1 is 0.424 bits per heavy atom. The fraction of sp³-hybridized carbons (Fsp3) is 0.477. The number of phosphoric ester groups is 3. The van der Waals surface area contributed by atoms with Crippen LogP contribution in [0.2, 0.25) is 0 Å². The minimum atomic E-state index is -4.82. The average molecular weight is 1330 g/mol. The second kappa shape index (κ2) is 39.6. The average Bonchev–Trinajstić information content (AvgIpc) is 0.831. The van der Waals surface area contributed by atoms with Gasteiger partial charge in [0, 0.05) is 87.0 Å². The van der Waals surface area contributed by atoms with Gasteiger partial charge in [-0.25, -0.2) is 0 Å². The Labute approximate surface area is 538 Å². The predicted molar refractivity (Wildman–Crippen MR) is 338 cm³/mol. The lowest BCUT2D eigenvalue weighted by Gasteiger charge is -2.28. The van der Waals surface area contributed by atoms with Gasteiger partial charge < -0.3 is 72.9 Å². The number of anilines is 2. The Kier molecular flexibility index (Phi) is 32.0. The summed E-state index contributed by atoms with van der Waals surface area (Å²) in [4.78, 5) is 118. The van der Waals surface area contributed by atoms with Crippen molar-refractivity contribution in [1.82, 2.24) is 21.3 Å². The van der Waals surface area contributed by atoms with E-state index in [9.17, 15) is 57.1 Å². The molecule has 0 saturated carbocycles. The van der Waals surface area contributed by atoms with Crippen molar-refractivity contribution < 1.29 is 84.3 Å². The predicted octanol–water partition coefficient (Wildman–Crippen LogP) is 7.26.